The van der Waals surface area contributed by atoms with Crippen molar-refractivity contribution in [3.63, 3.8) is 0 Å². The molecular weight excluding hydrogens is 214 g/mol. The van der Waals surface area contributed by atoms with Crippen LogP contribution in [0.3, 0.4) is 0 Å². The molecule has 0 unspecified atom stereocenters. The van der Waals surface area contributed by atoms with Gasteiger partial charge in [-0.15, -0.1) is 0 Å². The minimum Gasteiger partial charge on any atom is -0.481 e. The fraction of sp³-hybridized carbons (Fsp3) is 0.500. The van der Waals surface area contributed by atoms with E-state index >= 15 is 0 Å². The monoisotopic (exact) mass is 235 g/mol. The lowest BCUT2D eigenvalue weighted by Crippen LogP contribution is -2.40. The topological polar surface area (TPSA) is 38.3 Å². The van der Waals surface area contributed by atoms with Gasteiger partial charge in [0.1, 0.15) is 5.75 Å². The molecular formula is C14H21NO2. The normalized spacial score (nSPS) is 13.9. The third-order valence-electron chi connectivity index (χ3n) is 2.67. The maximum absolute atomic E-state index is 11.8. The predicted octanol–water partition coefficient (Wildman–Crippen LogP) is 2.68. The molecule has 0 aliphatic heterocycles. The van der Waals surface area contributed by atoms with Crippen LogP contribution in [0.15, 0.2) is 24.3 Å². The van der Waals surface area contributed by atoms with Crippen molar-refractivity contribution < 1.29 is 9.53 Å². The molecule has 0 heterocycles. The van der Waals surface area contributed by atoms with Gasteiger partial charge < -0.3 is 10.1 Å². The van der Waals surface area contributed by atoms with Crippen molar-refractivity contribution >= 4 is 5.91 Å². The van der Waals surface area contributed by atoms with E-state index in [1.54, 1.807) is 6.92 Å². The van der Waals surface area contributed by atoms with Gasteiger partial charge in [-0.1, -0.05) is 19.1 Å². The van der Waals surface area contributed by atoms with Gasteiger partial charge in [-0.3, -0.25) is 4.79 Å². The van der Waals surface area contributed by atoms with E-state index in [0.717, 1.165) is 17.7 Å². The smallest absolute Gasteiger partial charge is 0.260 e. The molecule has 3 nitrogen and oxygen atoms in total. The summed E-state index contributed by atoms with van der Waals surface area (Å²) in [6, 6.07) is 7.89. The van der Waals surface area contributed by atoms with Gasteiger partial charge in [-0.05, 0) is 44.9 Å². The van der Waals surface area contributed by atoms with Crippen molar-refractivity contribution in [1.82, 2.24) is 5.32 Å². The predicted molar refractivity (Wildman–Crippen MR) is 69.2 cm³/mol. The number of carbonyl (C=O) groups excluding carboxylic acids is 1. The Labute approximate surface area is 103 Å². The van der Waals surface area contributed by atoms with Gasteiger partial charge in [0.25, 0.3) is 5.91 Å². The molecule has 0 aliphatic carbocycles. The van der Waals surface area contributed by atoms with E-state index in [1.165, 1.54) is 0 Å². The maximum Gasteiger partial charge on any atom is 0.260 e. The third kappa shape index (κ3) is 4.47. The molecule has 94 valence electrons. The van der Waals surface area contributed by atoms with E-state index in [0.29, 0.717) is 0 Å². The lowest BCUT2D eigenvalue weighted by atomic mass is 10.2. The Bertz CT molecular complexity index is 376. The SMILES string of the molecule is CC[C@@H](C)NC(=O)[C@H](C)Oc1cccc(C)c1. The second kappa shape index (κ2) is 6.28. The highest BCUT2D eigenvalue weighted by atomic mass is 16.5. The van der Waals surface area contributed by atoms with Crippen molar-refractivity contribution in [1.29, 1.82) is 0 Å². The van der Waals surface area contributed by atoms with Gasteiger partial charge >= 0.3 is 0 Å². The molecule has 0 bridgehead atoms. The molecule has 1 rings (SSSR count). The molecule has 0 radical (unpaired) electrons. The van der Waals surface area contributed by atoms with E-state index in [2.05, 4.69) is 5.32 Å². The first-order valence-electron chi connectivity index (χ1n) is 6.06. The van der Waals surface area contributed by atoms with Crippen LogP contribution in [0.25, 0.3) is 0 Å². The summed E-state index contributed by atoms with van der Waals surface area (Å²) in [6.07, 6.45) is 0.453. The molecule has 1 aromatic carbocycles. The first kappa shape index (κ1) is 13.6. The van der Waals surface area contributed by atoms with E-state index in [4.69, 9.17) is 4.74 Å². The molecule has 0 aliphatic rings. The number of benzene rings is 1. The maximum atomic E-state index is 11.8. The number of hydrogen-bond donors (Lipinski definition) is 1. The molecule has 1 amide bonds. The van der Waals surface area contributed by atoms with E-state index in [-0.39, 0.29) is 11.9 Å². The largest absolute Gasteiger partial charge is 0.481 e. The van der Waals surface area contributed by atoms with Gasteiger partial charge in [0.05, 0.1) is 0 Å². The molecule has 0 saturated heterocycles. The Morgan fingerprint density at radius 3 is 2.71 bits per heavy atom. The van der Waals surface area contributed by atoms with Crippen LogP contribution in [-0.4, -0.2) is 18.1 Å². The van der Waals surface area contributed by atoms with Crippen molar-refractivity contribution in [2.24, 2.45) is 0 Å². The molecule has 1 aromatic rings. The number of rotatable bonds is 5. The zero-order valence-corrected chi connectivity index (χ0v) is 11.0. The Balaban J connectivity index is 2.54. The number of carbonyl (C=O) groups is 1. The third-order valence-corrected chi connectivity index (χ3v) is 2.67. The van der Waals surface area contributed by atoms with Crippen LogP contribution >= 0.6 is 0 Å². The van der Waals surface area contributed by atoms with Gasteiger partial charge in [-0.2, -0.15) is 0 Å². The van der Waals surface area contributed by atoms with Crippen LogP contribution in [0.2, 0.25) is 0 Å². The molecule has 1 N–H and O–H groups in total. The van der Waals surface area contributed by atoms with Crippen molar-refractivity contribution in [3.8, 4) is 5.75 Å². The number of amides is 1. The van der Waals surface area contributed by atoms with E-state index in [1.807, 2.05) is 45.0 Å². The second-order valence-electron chi connectivity index (χ2n) is 4.39. The second-order valence-corrected chi connectivity index (χ2v) is 4.39. The lowest BCUT2D eigenvalue weighted by molar-refractivity contribution is -0.127. The van der Waals surface area contributed by atoms with Gasteiger partial charge in [0, 0.05) is 6.04 Å². The summed E-state index contributed by atoms with van der Waals surface area (Å²) in [5.74, 6) is 0.664. The highest BCUT2D eigenvalue weighted by Crippen LogP contribution is 2.14. The minimum absolute atomic E-state index is 0.0687. The van der Waals surface area contributed by atoms with E-state index in [9.17, 15) is 4.79 Å². The van der Waals surface area contributed by atoms with Crippen LogP contribution in [-0.2, 0) is 4.79 Å². The molecule has 3 heteroatoms. The number of nitrogens with one attached hydrogen (secondary N) is 1. The Hall–Kier alpha value is -1.51. The molecule has 0 saturated carbocycles. The summed E-state index contributed by atoms with van der Waals surface area (Å²) in [7, 11) is 0. The summed E-state index contributed by atoms with van der Waals surface area (Å²) >= 11 is 0. The molecule has 17 heavy (non-hydrogen) atoms. The van der Waals surface area contributed by atoms with Crippen LogP contribution in [0.5, 0.6) is 5.75 Å². The van der Waals surface area contributed by atoms with Gasteiger partial charge in [-0.25, -0.2) is 0 Å². The lowest BCUT2D eigenvalue weighted by Gasteiger charge is -2.17. The van der Waals surface area contributed by atoms with Gasteiger partial charge in [0.15, 0.2) is 6.10 Å². The first-order chi connectivity index (χ1) is 8.02. The van der Waals surface area contributed by atoms with Crippen molar-refractivity contribution in [2.45, 2.75) is 46.3 Å². The fourth-order valence-corrected chi connectivity index (χ4v) is 1.41. The van der Waals surface area contributed by atoms with Crippen molar-refractivity contribution in [2.75, 3.05) is 0 Å². The first-order valence-corrected chi connectivity index (χ1v) is 6.06. The van der Waals surface area contributed by atoms with E-state index < -0.39 is 6.10 Å². The zero-order chi connectivity index (χ0) is 12.8. The van der Waals surface area contributed by atoms with Crippen LogP contribution < -0.4 is 10.1 Å². The average molecular weight is 235 g/mol. The summed E-state index contributed by atoms with van der Waals surface area (Å²) in [5.41, 5.74) is 1.12. The summed E-state index contributed by atoms with van der Waals surface area (Å²) in [6.45, 7) is 7.78. The van der Waals surface area contributed by atoms with Crippen molar-refractivity contribution in [3.05, 3.63) is 29.8 Å². The van der Waals surface area contributed by atoms with Crippen LogP contribution in [0.1, 0.15) is 32.8 Å². The standard InChI is InChI=1S/C14H21NO2/c1-5-11(3)15-14(16)12(4)17-13-8-6-7-10(2)9-13/h6-9,11-12H,5H2,1-4H3,(H,15,16)/t11-,12+/m1/s1. The van der Waals surface area contributed by atoms with Crippen LogP contribution in [0.4, 0.5) is 0 Å². The number of aryl methyl sites for hydroxylation is 1. The zero-order valence-electron chi connectivity index (χ0n) is 11.0. The quantitative estimate of drug-likeness (QED) is 0.852. The molecule has 0 fully saturated rings. The fourth-order valence-electron chi connectivity index (χ4n) is 1.41. The Morgan fingerprint density at radius 2 is 2.12 bits per heavy atom. The number of hydrogen-bond acceptors (Lipinski definition) is 2. The Morgan fingerprint density at radius 1 is 1.41 bits per heavy atom. The molecule has 0 aromatic heterocycles. The van der Waals surface area contributed by atoms with Crippen LogP contribution in [0, 0.1) is 6.92 Å². The average Bonchev–Trinajstić information content (AvgIpc) is 2.28. The summed E-state index contributed by atoms with van der Waals surface area (Å²) in [4.78, 5) is 11.8. The highest BCUT2D eigenvalue weighted by Gasteiger charge is 2.15. The van der Waals surface area contributed by atoms with Gasteiger partial charge in [0.2, 0.25) is 0 Å². The number of ether oxygens (including phenoxy) is 1. The molecule has 2 atom stereocenters. The highest BCUT2D eigenvalue weighted by molar-refractivity contribution is 5.80. The minimum atomic E-state index is -0.467. The Kier molecular flexibility index (Phi) is 5.01. The summed E-state index contributed by atoms with van der Waals surface area (Å²) < 4.78 is 5.59. The summed E-state index contributed by atoms with van der Waals surface area (Å²) in [5, 5.41) is 2.90. The molecule has 0 spiro atoms.